The maximum Gasteiger partial charge on any atom is 0.416 e. The van der Waals surface area contributed by atoms with E-state index in [0.717, 1.165) is 0 Å². The van der Waals surface area contributed by atoms with Gasteiger partial charge in [0.05, 0.1) is 6.61 Å². The highest BCUT2D eigenvalue weighted by Gasteiger charge is 2.43. The van der Waals surface area contributed by atoms with Gasteiger partial charge in [-0.05, 0) is 12.5 Å². The molecule has 1 rings (SSSR count). The molecule has 90 valence electrons. The number of hydrogen-bond acceptors (Lipinski definition) is 2. The second-order valence-electron chi connectivity index (χ2n) is 3.62. The molecule has 2 nitrogen and oxygen atoms in total. The molecule has 2 atom stereocenters. The van der Waals surface area contributed by atoms with Crippen LogP contribution in [0.3, 0.4) is 0 Å². The maximum atomic E-state index is 12.5. The summed E-state index contributed by atoms with van der Waals surface area (Å²) < 4.78 is 42.2. The molecule has 0 fully saturated rings. The van der Waals surface area contributed by atoms with Crippen LogP contribution in [0.15, 0.2) is 30.3 Å². The van der Waals surface area contributed by atoms with Crippen LogP contribution in [0.5, 0.6) is 0 Å². The van der Waals surface area contributed by atoms with Crippen LogP contribution in [0, 0.1) is 0 Å². The lowest BCUT2D eigenvalue weighted by atomic mass is 10.2. The fourth-order valence-electron chi connectivity index (χ4n) is 1.30. The highest BCUT2D eigenvalue weighted by Crippen LogP contribution is 2.25. The summed E-state index contributed by atoms with van der Waals surface area (Å²) >= 11 is 0. The van der Waals surface area contributed by atoms with Gasteiger partial charge in [0, 0.05) is 6.04 Å². The number of halogens is 3. The van der Waals surface area contributed by atoms with Crippen molar-refractivity contribution in [2.45, 2.75) is 31.9 Å². The SMILES string of the molecule is CC(N)C(OCc1ccccc1)C(F)(F)F. The molecule has 0 spiro atoms. The van der Waals surface area contributed by atoms with E-state index in [0.29, 0.717) is 5.56 Å². The number of benzene rings is 1. The molecule has 2 unspecified atom stereocenters. The van der Waals surface area contributed by atoms with E-state index in [1.807, 2.05) is 0 Å². The first-order chi connectivity index (χ1) is 7.41. The van der Waals surface area contributed by atoms with E-state index in [9.17, 15) is 13.2 Å². The zero-order valence-electron chi connectivity index (χ0n) is 8.87. The molecule has 0 radical (unpaired) electrons. The molecule has 0 aliphatic heterocycles. The predicted molar refractivity (Wildman–Crippen MR) is 54.7 cm³/mol. The molecule has 1 aromatic rings. The zero-order valence-corrected chi connectivity index (χ0v) is 8.87. The van der Waals surface area contributed by atoms with E-state index in [4.69, 9.17) is 10.5 Å². The third-order valence-corrected chi connectivity index (χ3v) is 2.07. The first-order valence-electron chi connectivity index (χ1n) is 4.89. The van der Waals surface area contributed by atoms with E-state index >= 15 is 0 Å². The molecule has 0 aliphatic rings. The summed E-state index contributed by atoms with van der Waals surface area (Å²) in [5.41, 5.74) is 5.93. The van der Waals surface area contributed by atoms with Crippen LogP contribution in [0.1, 0.15) is 12.5 Å². The molecule has 0 amide bonds. The summed E-state index contributed by atoms with van der Waals surface area (Å²) in [7, 11) is 0. The Morgan fingerprint density at radius 3 is 2.25 bits per heavy atom. The predicted octanol–water partition coefficient (Wildman–Crippen LogP) is 2.48. The van der Waals surface area contributed by atoms with Crippen molar-refractivity contribution in [3.63, 3.8) is 0 Å². The van der Waals surface area contributed by atoms with Crippen LogP contribution in [0.2, 0.25) is 0 Å². The van der Waals surface area contributed by atoms with E-state index in [1.54, 1.807) is 30.3 Å². The highest BCUT2D eigenvalue weighted by atomic mass is 19.4. The van der Waals surface area contributed by atoms with Gasteiger partial charge < -0.3 is 10.5 Å². The average Bonchev–Trinajstić information content (AvgIpc) is 2.17. The molecule has 0 saturated heterocycles. The van der Waals surface area contributed by atoms with Gasteiger partial charge in [-0.15, -0.1) is 0 Å². The van der Waals surface area contributed by atoms with E-state index < -0.39 is 18.3 Å². The molecule has 0 aromatic heterocycles. The quantitative estimate of drug-likeness (QED) is 0.867. The second kappa shape index (κ2) is 5.32. The fraction of sp³-hybridized carbons (Fsp3) is 0.455. The molecular weight excluding hydrogens is 219 g/mol. The van der Waals surface area contributed by atoms with Crippen LogP contribution in [-0.2, 0) is 11.3 Å². The third kappa shape index (κ3) is 3.83. The minimum atomic E-state index is -4.43. The number of rotatable bonds is 4. The molecule has 16 heavy (non-hydrogen) atoms. The third-order valence-electron chi connectivity index (χ3n) is 2.07. The summed E-state index contributed by atoms with van der Waals surface area (Å²) in [6, 6.07) is 7.60. The molecule has 0 saturated carbocycles. The first kappa shape index (κ1) is 13.0. The average molecular weight is 233 g/mol. The molecular formula is C11H14F3NO. The van der Waals surface area contributed by atoms with Crippen molar-refractivity contribution in [3.8, 4) is 0 Å². The molecule has 0 aliphatic carbocycles. The Bertz CT molecular complexity index is 311. The topological polar surface area (TPSA) is 35.2 Å². The molecule has 0 bridgehead atoms. The summed E-state index contributed by atoms with van der Waals surface area (Å²) in [5.74, 6) is 0. The summed E-state index contributed by atoms with van der Waals surface area (Å²) in [6.45, 7) is 1.19. The van der Waals surface area contributed by atoms with Gasteiger partial charge in [-0.1, -0.05) is 30.3 Å². The minimum Gasteiger partial charge on any atom is -0.362 e. The molecule has 5 heteroatoms. The van der Waals surface area contributed by atoms with Gasteiger partial charge in [0.1, 0.15) is 0 Å². The molecule has 1 aromatic carbocycles. The maximum absolute atomic E-state index is 12.5. The Kier molecular flexibility index (Phi) is 4.32. The normalized spacial score (nSPS) is 15.8. The fourth-order valence-corrected chi connectivity index (χ4v) is 1.30. The van der Waals surface area contributed by atoms with Gasteiger partial charge in [0.15, 0.2) is 6.10 Å². The van der Waals surface area contributed by atoms with Crippen LogP contribution in [-0.4, -0.2) is 18.3 Å². The Morgan fingerprint density at radius 1 is 1.25 bits per heavy atom. The van der Waals surface area contributed by atoms with Gasteiger partial charge in [-0.25, -0.2) is 0 Å². The molecule has 0 heterocycles. The van der Waals surface area contributed by atoms with Crippen molar-refractivity contribution in [1.82, 2.24) is 0 Å². The zero-order chi connectivity index (χ0) is 12.2. The summed E-state index contributed by atoms with van der Waals surface area (Å²) in [4.78, 5) is 0. The smallest absolute Gasteiger partial charge is 0.362 e. The number of alkyl halides is 3. The van der Waals surface area contributed by atoms with Crippen molar-refractivity contribution in [1.29, 1.82) is 0 Å². The Morgan fingerprint density at radius 2 is 1.81 bits per heavy atom. The number of hydrogen-bond donors (Lipinski definition) is 1. The standard InChI is InChI=1S/C11H14F3NO/c1-8(15)10(11(12,13)14)16-7-9-5-3-2-4-6-9/h2-6,8,10H,7,15H2,1H3. The van der Waals surface area contributed by atoms with E-state index in [1.165, 1.54) is 6.92 Å². The monoisotopic (exact) mass is 233 g/mol. The van der Waals surface area contributed by atoms with Crippen LogP contribution < -0.4 is 5.73 Å². The van der Waals surface area contributed by atoms with Crippen molar-refractivity contribution in [2.24, 2.45) is 5.73 Å². The first-order valence-corrected chi connectivity index (χ1v) is 4.89. The highest BCUT2D eigenvalue weighted by molar-refractivity contribution is 5.13. The van der Waals surface area contributed by atoms with Crippen LogP contribution in [0.4, 0.5) is 13.2 Å². The van der Waals surface area contributed by atoms with E-state index in [2.05, 4.69) is 0 Å². The lowest BCUT2D eigenvalue weighted by molar-refractivity contribution is -0.228. The van der Waals surface area contributed by atoms with Gasteiger partial charge in [0.25, 0.3) is 0 Å². The van der Waals surface area contributed by atoms with Gasteiger partial charge >= 0.3 is 6.18 Å². The number of ether oxygens (including phenoxy) is 1. The van der Waals surface area contributed by atoms with Gasteiger partial charge in [-0.3, -0.25) is 0 Å². The lowest BCUT2D eigenvalue weighted by Gasteiger charge is -2.23. The van der Waals surface area contributed by atoms with E-state index in [-0.39, 0.29) is 6.61 Å². The Labute approximate surface area is 92.2 Å². The Balaban J connectivity index is 2.58. The molecule has 2 N–H and O–H groups in total. The van der Waals surface area contributed by atoms with Crippen molar-refractivity contribution in [3.05, 3.63) is 35.9 Å². The van der Waals surface area contributed by atoms with Crippen LogP contribution >= 0.6 is 0 Å². The van der Waals surface area contributed by atoms with Gasteiger partial charge in [0.2, 0.25) is 0 Å². The lowest BCUT2D eigenvalue weighted by Crippen LogP contribution is -2.45. The van der Waals surface area contributed by atoms with Crippen LogP contribution in [0.25, 0.3) is 0 Å². The van der Waals surface area contributed by atoms with Crippen molar-refractivity contribution < 1.29 is 17.9 Å². The Hall–Kier alpha value is -1.07. The number of nitrogens with two attached hydrogens (primary N) is 1. The largest absolute Gasteiger partial charge is 0.416 e. The summed E-state index contributed by atoms with van der Waals surface area (Å²) in [6.07, 6.45) is -6.35. The second-order valence-corrected chi connectivity index (χ2v) is 3.62. The van der Waals surface area contributed by atoms with Crippen molar-refractivity contribution >= 4 is 0 Å². The van der Waals surface area contributed by atoms with Crippen molar-refractivity contribution in [2.75, 3.05) is 0 Å². The minimum absolute atomic E-state index is 0.0907. The van der Waals surface area contributed by atoms with Gasteiger partial charge in [-0.2, -0.15) is 13.2 Å². The summed E-state index contributed by atoms with van der Waals surface area (Å²) in [5, 5.41) is 0.